The van der Waals surface area contributed by atoms with Crippen LogP contribution in [0.3, 0.4) is 0 Å². The van der Waals surface area contributed by atoms with Crippen LogP contribution in [0.15, 0.2) is 30.3 Å². The van der Waals surface area contributed by atoms with Crippen molar-refractivity contribution in [3.8, 4) is 17.3 Å². The molecule has 11 heteroatoms. The fourth-order valence-electron chi connectivity index (χ4n) is 8.83. The number of nitrogens with zero attached hydrogens (tertiary/aromatic N) is 5. The van der Waals surface area contributed by atoms with E-state index in [2.05, 4.69) is 26.4 Å². The lowest BCUT2D eigenvalue weighted by Crippen LogP contribution is -2.71. The van der Waals surface area contributed by atoms with E-state index in [4.69, 9.17) is 20.4 Å². The third-order valence-corrected chi connectivity index (χ3v) is 11.7. The number of piperidine rings is 1. The number of nitrogens with one attached hydrogen (secondary N) is 1. The Labute approximate surface area is 279 Å². The van der Waals surface area contributed by atoms with E-state index >= 15 is 0 Å². The standard InChI is InChI=1S/C37H46FN7O3/c1-21(40-34(47)36-17-37(38,18-36)19-36)26-10-9-24-13-27(44(32(24)41-26)16-22-5-6-22)30-31(23-7-8-23)45-28(42-30)14-25(15-29(45)48-3)33(46)43-12-4-11-35(2,39)20-43/h9-10,13-15,21-23,34,40,47H,4-8,11-12,16-20,39H2,1-3H3/t21-,34?,35?,36?,37?/m1/s1. The molecule has 4 aromatic heterocycles. The molecule has 48 heavy (non-hydrogen) atoms. The molecule has 4 N–H and O–H groups in total. The summed E-state index contributed by atoms with van der Waals surface area (Å²) in [6, 6.07) is 9.90. The Balaban J connectivity index is 1.11. The molecule has 254 valence electrons. The lowest BCUT2D eigenvalue weighted by molar-refractivity contribution is -0.266. The van der Waals surface area contributed by atoms with Crippen LogP contribution in [0.4, 0.5) is 4.39 Å². The number of fused-ring (bicyclic) bond motifs is 2. The zero-order valence-corrected chi connectivity index (χ0v) is 28.1. The van der Waals surface area contributed by atoms with Crippen LogP contribution in [-0.2, 0) is 6.54 Å². The lowest BCUT2D eigenvalue weighted by Gasteiger charge is -2.67. The Bertz CT molecular complexity index is 1940. The van der Waals surface area contributed by atoms with Crippen molar-refractivity contribution in [1.82, 2.24) is 29.2 Å². The van der Waals surface area contributed by atoms with E-state index in [1.165, 1.54) is 12.8 Å². The number of aliphatic hydroxyl groups excluding tert-OH is 1. The summed E-state index contributed by atoms with van der Waals surface area (Å²) < 4.78 is 24.6. The first-order chi connectivity index (χ1) is 22.9. The summed E-state index contributed by atoms with van der Waals surface area (Å²) in [7, 11) is 1.66. The van der Waals surface area contributed by atoms with Gasteiger partial charge in [-0.3, -0.25) is 14.5 Å². The van der Waals surface area contributed by atoms with Gasteiger partial charge in [-0.05, 0) is 102 Å². The molecule has 6 fully saturated rings. The van der Waals surface area contributed by atoms with Crippen LogP contribution in [0.1, 0.15) is 105 Å². The molecular formula is C37H46FN7O3. The van der Waals surface area contributed by atoms with Gasteiger partial charge >= 0.3 is 0 Å². The molecule has 3 atom stereocenters. The summed E-state index contributed by atoms with van der Waals surface area (Å²) in [4.78, 5) is 26.1. The van der Waals surface area contributed by atoms with Gasteiger partial charge in [-0.1, -0.05) is 0 Å². The molecule has 1 amide bonds. The largest absolute Gasteiger partial charge is 0.482 e. The number of hydrogen-bond donors (Lipinski definition) is 3. The fraction of sp³-hybridized carbons (Fsp3) is 0.595. The number of ether oxygens (including phenoxy) is 1. The minimum Gasteiger partial charge on any atom is -0.482 e. The second-order valence-corrected chi connectivity index (χ2v) is 16.2. The van der Waals surface area contributed by atoms with Crippen LogP contribution in [0.2, 0.25) is 0 Å². The van der Waals surface area contributed by atoms with Gasteiger partial charge in [-0.15, -0.1) is 0 Å². The molecule has 6 aliphatic rings. The van der Waals surface area contributed by atoms with Crippen LogP contribution in [-0.4, -0.2) is 72.5 Å². The van der Waals surface area contributed by atoms with E-state index in [-0.39, 0.29) is 17.4 Å². The zero-order valence-electron chi connectivity index (χ0n) is 28.1. The number of carbonyl (C=O) groups is 1. The molecular weight excluding hydrogens is 609 g/mol. The fourth-order valence-corrected chi connectivity index (χ4v) is 8.83. The highest BCUT2D eigenvalue weighted by Crippen LogP contribution is 2.70. The zero-order chi connectivity index (χ0) is 33.2. The third-order valence-electron chi connectivity index (χ3n) is 11.7. The number of rotatable bonds is 10. The monoisotopic (exact) mass is 655 g/mol. The second kappa shape index (κ2) is 10.5. The van der Waals surface area contributed by atoms with Crippen LogP contribution in [0.5, 0.6) is 5.88 Å². The number of amides is 1. The topological polar surface area (TPSA) is 123 Å². The number of aliphatic hydroxyl groups is 1. The normalized spacial score (nSPS) is 29.5. The number of carbonyl (C=O) groups excluding carboxylic acids is 1. The molecule has 1 saturated heterocycles. The van der Waals surface area contributed by atoms with Gasteiger partial charge in [0.1, 0.15) is 28.9 Å². The van der Waals surface area contributed by atoms with E-state index in [0.717, 1.165) is 66.0 Å². The Morgan fingerprint density at radius 1 is 1.17 bits per heavy atom. The summed E-state index contributed by atoms with van der Waals surface area (Å²) in [5.74, 6) is 1.51. The average Bonchev–Trinajstić information content (AvgIpc) is 3.96. The van der Waals surface area contributed by atoms with E-state index in [1.54, 1.807) is 7.11 Å². The van der Waals surface area contributed by atoms with Crippen molar-refractivity contribution < 1.29 is 19.0 Å². The predicted molar refractivity (Wildman–Crippen MR) is 181 cm³/mol. The number of methoxy groups -OCH3 is 1. The van der Waals surface area contributed by atoms with Crippen LogP contribution in [0, 0.1) is 11.3 Å². The number of nitrogens with two attached hydrogens (primary N) is 1. The molecule has 5 aliphatic carbocycles. The molecule has 10 nitrogen and oxygen atoms in total. The smallest absolute Gasteiger partial charge is 0.254 e. The van der Waals surface area contributed by atoms with Gasteiger partial charge in [0.2, 0.25) is 0 Å². The van der Waals surface area contributed by atoms with Gasteiger partial charge in [0, 0.05) is 59.6 Å². The number of alkyl halides is 1. The van der Waals surface area contributed by atoms with Gasteiger partial charge in [-0.25, -0.2) is 14.4 Å². The highest BCUT2D eigenvalue weighted by atomic mass is 19.1. The third kappa shape index (κ3) is 4.95. The quantitative estimate of drug-likeness (QED) is 0.194. The number of aromatic nitrogens is 4. The van der Waals surface area contributed by atoms with E-state index in [1.807, 2.05) is 36.9 Å². The first-order valence-electron chi connectivity index (χ1n) is 17.8. The van der Waals surface area contributed by atoms with Crippen molar-refractivity contribution >= 4 is 22.6 Å². The van der Waals surface area contributed by atoms with Gasteiger partial charge in [-0.2, -0.15) is 0 Å². The number of likely N-dealkylation sites (tertiary alicyclic amines) is 1. The Hall–Kier alpha value is -3.54. The summed E-state index contributed by atoms with van der Waals surface area (Å²) in [5.41, 5.74) is 10.7. The molecule has 0 radical (unpaired) electrons. The molecule has 1 aliphatic heterocycles. The van der Waals surface area contributed by atoms with E-state index in [0.29, 0.717) is 61.3 Å². The van der Waals surface area contributed by atoms with Crippen LogP contribution < -0.4 is 15.8 Å². The Morgan fingerprint density at radius 3 is 2.60 bits per heavy atom. The maximum Gasteiger partial charge on any atom is 0.254 e. The second-order valence-electron chi connectivity index (χ2n) is 16.2. The van der Waals surface area contributed by atoms with E-state index < -0.39 is 17.4 Å². The number of pyridine rings is 2. The number of imidazole rings is 1. The summed E-state index contributed by atoms with van der Waals surface area (Å²) in [5, 5.41) is 15.3. The molecule has 10 rings (SSSR count). The minimum absolute atomic E-state index is 0.0460. The van der Waals surface area contributed by atoms with Crippen molar-refractivity contribution in [3.05, 3.63) is 47.3 Å². The summed E-state index contributed by atoms with van der Waals surface area (Å²) >= 11 is 0. The molecule has 5 saturated carbocycles. The van der Waals surface area contributed by atoms with Crippen molar-refractivity contribution in [2.75, 3.05) is 20.2 Å². The average molecular weight is 656 g/mol. The first-order valence-corrected chi connectivity index (χ1v) is 17.8. The SMILES string of the molecule is COc1cc(C(=O)N2CCCC(C)(N)C2)cc2nc(-c3cc4ccc([C@@H](C)NC(O)C56CC(F)(C5)C6)nc4n3CC3CC3)c(C3CC3)n12. The van der Waals surface area contributed by atoms with Crippen molar-refractivity contribution in [1.29, 1.82) is 0 Å². The molecule has 5 heterocycles. The maximum atomic E-state index is 14.2. The lowest BCUT2D eigenvalue weighted by atomic mass is 9.41. The van der Waals surface area contributed by atoms with Crippen molar-refractivity contribution in [2.24, 2.45) is 17.1 Å². The molecule has 2 bridgehead atoms. The molecule has 0 aromatic carbocycles. The van der Waals surface area contributed by atoms with Gasteiger partial charge < -0.3 is 25.0 Å². The summed E-state index contributed by atoms with van der Waals surface area (Å²) in [6.07, 6.45) is 6.90. The number of halogens is 1. The number of hydrogen-bond acceptors (Lipinski definition) is 7. The van der Waals surface area contributed by atoms with Gasteiger partial charge in [0.15, 0.2) is 5.88 Å². The Morgan fingerprint density at radius 2 is 1.94 bits per heavy atom. The van der Waals surface area contributed by atoms with Crippen molar-refractivity contribution in [2.45, 2.75) is 108 Å². The molecule has 2 unspecified atom stereocenters. The maximum absolute atomic E-state index is 14.2. The van der Waals surface area contributed by atoms with Gasteiger partial charge in [0.05, 0.1) is 24.2 Å². The van der Waals surface area contributed by atoms with Gasteiger partial charge in [0.25, 0.3) is 5.91 Å². The van der Waals surface area contributed by atoms with Crippen LogP contribution >= 0.6 is 0 Å². The summed E-state index contributed by atoms with van der Waals surface area (Å²) in [6.45, 7) is 6.09. The Kier molecular flexibility index (Phi) is 6.66. The molecule has 0 spiro atoms. The molecule has 4 aromatic rings. The minimum atomic E-state index is -1.05. The highest BCUT2D eigenvalue weighted by molar-refractivity contribution is 5.96. The van der Waals surface area contributed by atoms with Crippen molar-refractivity contribution in [3.63, 3.8) is 0 Å². The first kappa shape index (κ1) is 30.5. The predicted octanol–water partition coefficient (Wildman–Crippen LogP) is 5.46. The van der Waals surface area contributed by atoms with Crippen LogP contribution in [0.25, 0.3) is 28.1 Å². The highest BCUT2D eigenvalue weighted by Gasteiger charge is 2.72. The van der Waals surface area contributed by atoms with E-state index in [9.17, 15) is 14.3 Å².